The molecule has 98 valence electrons. The van der Waals surface area contributed by atoms with Gasteiger partial charge < -0.3 is 10.1 Å². The molecule has 0 aliphatic rings. The van der Waals surface area contributed by atoms with Crippen molar-refractivity contribution in [2.75, 3.05) is 5.32 Å². The average Bonchev–Trinajstić information content (AvgIpc) is 2.35. The Morgan fingerprint density at radius 3 is 2.63 bits per heavy atom. The average molecular weight is 322 g/mol. The van der Waals surface area contributed by atoms with Crippen LogP contribution in [0.25, 0.3) is 0 Å². The first-order chi connectivity index (χ1) is 9.04. The van der Waals surface area contributed by atoms with Gasteiger partial charge in [-0.05, 0) is 47.1 Å². The Hall–Kier alpha value is -1.95. The second-order valence-electron chi connectivity index (χ2n) is 3.88. The molecule has 1 aromatic carbocycles. The number of aryl methyl sites for hydroxylation is 1. The lowest BCUT2D eigenvalue weighted by Gasteiger charge is -2.08. The van der Waals surface area contributed by atoms with Crippen LogP contribution in [0.15, 0.2) is 34.9 Å². The van der Waals surface area contributed by atoms with Crippen LogP contribution in [0.3, 0.4) is 0 Å². The van der Waals surface area contributed by atoms with Gasteiger partial charge in [-0.25, -0.2) is 4.98 Å². The molecule has 1 N–H and O–H groups in total. The SMILES string of the molecule is CC(=O)Nc1ccc(Oc2nc(C)ncc2Br)cc1. The highest BCUT2D eigenvalue weighted by molar-refractivity contribution is 9.10. The summed E-state index contributed by atoms with van der Waals surface area (Å²) in [6.07, 6.45) is 1.64. The van der Waals surface area contributed by atoms with E-state index in [2.05, 4.69) is 31.2 Å². The third-order valence-corrected chi connectivity index (χ3v) is 2.77. The quantitative estimate of drug-likeness (QED) is 0.942. The summed E-state index contributed by atoms with van der Waals surface area (Å²) in [7, 11) is 0. The van der Waals surface area contributed by atoms with E-state index in [1.165, 1.54) is 6.92 Å². The molecule has 19 heavy (non-hydrogen) atoms. The molecule has 0 saturated heterocycles. The second-order valence-corrected chi connectivity index (χ2v) is 4.73. The maximum atomic E-state index is 10.9. The van der Waals surface area contributed by atoms with E-state index >= 15 is 0 Å². The molecule has 0 radical (unpaired) electrons. The van der Waals surface area contributed by atoms with Crippen LogP contribution in [0.4, 0.5) is 5.69 Å². The largest absolute Gasteiger partial charge is 0.438 e. The fourth-order valence-corrected chi connectivity index (χ4v) is 1.70. The Labute approximate surface area is 119 Å². The number of amides is 1. The van der Waals surface area contributed by atoms with Gasteiger partial charge in [-0.1, -0.05) is 0 Å². The van der Waals surface area contributed by atoms with Crippen molar-refractivity contribution in [2.45, 2.75) is 13.8 Å². The lowest BCUT2D eigenvalue weighted by molar-refractivity contribution is -0.114. The lowest BCUT2D eigenvalue weighted by Crippen LogP contribution is -2.05. The number of benzene rings is 1. The van der Waals surface area contributed by atoms with Gasteiger partial charge in [0.15, 0.2) is 0 Å². The van der Waals surface area contributed by atoms with Gasteiger partial charge in [-0.3, -0.25) is 4.79 Å². The van der Waals surface area contributed by atoms with E-state index in [-0.39, 0.29) is 5.91 Å². The molecule has 0 saturated carbocycles. The minimum absolute atomic E-state index is 0.108. The number of hydrogen-bond acceptors (Lipinski definition) is 4. The molecule has 6 heteroatoms. The first-order valence-corrected chi connectivity index (χ1v) is 6.38. The molecule has 2 aromatic rings. The van der Waals surface area contributed by atoms with Crippen LogP contribution in [0.1, 0.15) is 12.7 Å². The molecule has 0 fully saturated rings. The summed E-state index contributed by atoms with van der Waals surface area (Å²) in [6.45, 7) is 3.25. The van der Waals surface area contributed by atoms with Crippen molar-refractivity contribution in [3.63, 3.8) is 0 Å². The van der Waals surface area contributed by atoms with Crippen LogP contribution in [-0.2, 0) is 4.79 Å². The Kier molecular flexibility index (Phi) is 4.11. The van der Waals surface area contributed by atoms with Crippen molar-refractivity contribution in [2.24, 2.45) is 0 Å². The first-order valence-electron chi connectivity index (χ1n) is 5.59. The number of ether oxygens (including phenoxy) is 1. The predicted molar refractivity (Wildman–Crippen MR) is 75.3 cm³/mol. The molecule has 0 unspecified atom stereocenters. The molecule has 0 atom stereocenters. The summed E-state index contributed by atoms with van der Waals surface area (Å²) in [5.74, 6) is 1.61. The summed E-state index contributed by atoms with van der Waals surface area (Å²) < 4.78 is 6.32. The molecule has 1 aromatic heterocycles. The fourth-order valence-electron chi connectivity index (χ4n) is 1.43. The Morgan fingerprint density at radius 2 is 2.00 bits per heavy atom. The van der Waals surface area contributed by atoms with E-state index in [4.69, 9.17) is 4.74 Å². The summed E-state index contributed by atoms with van der Waals surface area (Å²) >= 11 is 3.33. The maximum Gasteiger partial charge on any atom is 0.236 e. The van der Waals surface area contributed by atoms with Gasteiger partial charge in [0, 0.05) is 18.8 Å². The second kappa shape index (κ2) is 5.79. The normalized spacial score (nSPS) is 10.1. The molecule has 5 nitrogen and oxygen atoms in total. The molecule has 0 aliphatic carbocycles. The minimum Gasteiger partial charge on any atom is -0.438 e. The van der Waals surface area contributed by atoms with Gasteiger partial charge in [0.2, 0.25) is 11.8 Å². The number of aromatic nitrogens is 2. The minimum atomic E-state index is -0.108. The van der Waals surface area contributed by atoms with Crippen molar-refractivity contribution in [3.05, 3.63) is 40.8 Å². The van der Waals surface area contributed by atoms with Crippen LogP contribution in [0, 0.1) is 6.92 Å². The van der Waals surface area contributed by atoms with E-state index in [0.29, 0.717) is 21.9 Å². The molecule has 1 heterocycles. The van der Waals surface area contributed by atoms with Gasteiger partial charge in [0.1, 0.15) is 11.6 Å². The van der Waals surface area contributed by atoms with Crippen LogP contribution < -0.4 is 10.1 Å². The molecule has 1 amide bonds. The summed E-state index contributed by atoms with van der Waals surface area (Å²) in [5.41, 5.74) is 0.720. The maximum absolute atomic E-state index is 10.9. The smallest absolute Gasteiger partial charge is 0.236 e. The Morgan fingerprint density at radius 1 is 1.32 bits per heavy atom. The van der Waals surface area contributed by atoms with Gasteiger partial charge >= 0.3 is 0 Å². The highest BCUT2D eigenvalue weighted by atomic mass is 79.9. The van der Waals surface area contributed by atoms with Crippen molar-refractivity contribution in [1.82, 2.24) is 9.97 Å². The van der Waals surface area contributed by atoms with Crippen LogP contribution in [0.2, 0.25) is 0 Å². The van der Waals surface area contributed by atoms with Crippen molar-refractivity contribution in [1.29, 1.82) is 0 Å². The standard InChI is InChI=1S/C13H12BrN3O2/c1-8-15-7-12(14)13(16-8)19-11-5-3-10(4-6-11)17-9(2)18/h3-7H,1-2H3,(H,17,18). The molecule has 0 spiro atoms. The fraction of sp³-hybridized carbons (Fsp3) is 0.154. The molecule has 0 aliphatic heterocycles. The number of carbonyl (C=O) groups is 1. The predicted octanol–water partition coefficient (Wildman–Crippen LogP) is 3.30. The number of anilines is 1. The highest BCUT2D eigenvalue weighted by Crippen LogP contribution is 2.27. The number of nitrogens with zero attached hydrogens (tertiary/aromatic N) is 2. The molecular weight excluding hydrogens is 310 g/mol. The van der Waals surface area contributed by atoms with Crippen LogP contribution in [-0.4, -0.2) is 15.9 Å². The highest BCUT2D eigenvalue weighted by Gasteiger charge is 2.06. The molecule has 2 rings (SSSR count). The molecular formula is C13H12BrN3O2. The van der Waals surface area contributed by atoms with Crippen LogP contribution >= 0.6 is 15.9 Å². The summed E-state index contributed by atoms with van der Waals surface area (Å²) in [4.78, 5) is 19.1. The summed E-state index contributed by atoms with van der Waals surface area (Å²) in [6, 6.07) is 7.04. The van der Waals surface area contributed by atoms with E-state index in [0.717, 1.165) is 5.69 Å². The van der Waals surface area contributed by atoms with Gasteiger partial charge in [-0.15, -0.1) is 0 Å². The van der Waals surface area contributed by atoms with E-state index in [9.17, 15) is 4.79 Å². The van der Waals surface area contributed by atoms with E-state index in [1.807, 2.05) is 0 Å². The monoisotopic (exact) mass is 321 g/mol. The number of nitrogens with one attached hydrogen (secondary N) is 1. The molecule has 0 bridgehead atoms. The number of halogens is 1. The first kappa shape index (κ1) is 13.5. The van der Waals surface area contributed by atoms with E-state index in [1.54, 1.807) is 37.4 Å². The van der Waals surface area contributed by atoms with Gasteiger partial charge in [0.05, 0.1) is 4.47 Å². The van der Waals surface area contributed by atoms with Crippen LogP contribution in [0.5, 0.6) is 11.6 Å². The van der Waals surface area contributed by atoms with Crippen molar-refractivity contribution < 1.29 is 9.53 Å². The van der Waals surface area contributed by atoms with Crippen molar-refractivity contribution in [3.8, 4) is 11.6 Å². The van der Waals surface area contributed by atoms with Crippen molar-refractivity contribution >= 4 is 27.5 Å². The topological polar surface area (TPSA) is 64.1 Å². The van der Waals surface area contributed by atoms with Gasteiger partial charge in [-0.2, -0.15) is 4.98 Å². The third kappa shape index (κ3) is 3.75. The zero-order chi connectivity index (χ0) is 13.8. The van der Waals surface area contributed by atoms with Gasteiger partial charge in [0.25, 0.3) is 0 Å². The lowest BCUT2D eigenvalue weighted by atomic mass is 10.3. The third-order valence-electron chi connectivity index (χ3n) is 2.22. The Bertz CT molecular complexity index is 599. The number of rotatable bonds is 3. The summed E-state index contributed by atoms with van der Waals surface area (Å²) in [5, 5.41) is 2.69. The van der Waals surface area contributed by atoms with E-state index < -0.39 is 0 Å². The number of carbonyl (C=O) groups excluding carboxylic acids is 1. The number of hydrogen-bond donors (Lipinski definition) is 1. The zero-order valence-corrected chi connectivity index (χ0v) is 12.1. The zero-order valence-electron chi connectivity index (χ0n) is 10.5. The Balaban J connectivity index is 2.15.